The maximum absolute atomic E-state index is 12.4. The van der Waals surface area contributed by atoms with Crippen LogP contribution in [0.15, 0.2) is 64.0 Å². The number of aliphatic hydroxyl groups excluding tert-OH is 1. The van der Waals surface area contributed by atoms with Gasteiger partial charge < -0.3 is 28.8 Å². The Hall–Kier alpha value is -3.94. The minimum atomic E-state index is -0.537. The number of hydrogen-bond donors (Lipinski definition) is 2. The van der Waals surface area contributed by atoms with Gasteiger partial charge in [-0.2, -0.15) is 0 Å². The molecule has 0 amide bonds. The molecule has 0 radical (unpaired) electrons. The molecule has 0 aliphatic rings. The van der Waals surface area contributed by atoms with Gasteiger partial charge in [-0.15, -0.1) is 0 Å². The fourth-order valence-electron chi connectivity index (χ4n) is 2.57. The number of rotatable bonds is 6. The van der Waals surface area contributed by atoms with Crippen molar-refractivity contribution in [2.24, 2.45) is 0 Å². The van der Waals surface area contributed by atoms with E-state index < -0.39 is 11.4 Å². The van der Waals surface area contributed by atoms with Gasteiger partial charge in [-0.3, -0.25) is 4.79 Å². The molecule has 0 unspecified atom stereocenters. The molecule has 0 aliphatic carbocycles. The Morgan fingerprint density at radius 2 is 1.81 bits per heavy atom. The molecule has 2 aromatic carbocycles. The summed E-state index contributed by atoms with van der Waals surface area (Å²) in [6.07, 6.45) is 2.56. The predicted molar refractivity (Wildman–Crippen MR) is 116 cm³/mol. The maximum Gasteiger partial charge on any atom is 0.344 e. The SMILES string of the molecule is CC=CO.CCOC(=O)COc1cc(O)c2c(=O)cc(-c3ccc(OC)cc3)oc2c1. The van der Waals surface area contributed by atoms with E-state index in [0.29, 0.717) is 17.1 Å². The number of aromatic hydroxyl groups is 1. The van der Waals surface area contributed by atoms with E-state index in [1.807, 2.05) is 0 Å². The molecule has 31 heavy (non-hydrogen) atoms. The third-order valence-electron chi connectivity index (χ3n) is 3.97. The summed E-state index contributed by atoms with van der Waals surface area (Å²) in [4.78, 5) is 23.8. The van der Waals surface area contributed by atoms with Crippen LogP contribution in [0.3, 0.4) is 0 Å². The van der Waals surface area contributed by atoms with Gasteiger partial charge in [0.1, 0.15) is 34.0 Å². The molecule has 8 nitrogen and oxygen atoms in total. The third kappa shape index (κ3) is 6.27. The van der Waals surface area contributed by atoms with E-state index in [4.69, 9.17) is 23.7 Å². The average molecular weight is 428 g/mol. The summed E-state index contributed by atoms with van der Waals surface area (Å²) in [5, 5.41) is 17.9. The number of methoxy groups -OCH3 is 1. The Bertz CT molecular complexity index is 1090. The van der Waals surface area contributed by atoms with Crippen LogP contribution in [-0.2, 0) is 9.53 Å². The average Bonchev–Trinajstić information content (AvgIpc) is 2.77. The maximum atomic E-state index is 12.4. The first-order valence-electron chi connectivity index (χ1n) is 9.42. The number of carbonyl (C=O) groups is 1. The number of phenolic OH excluding ortho intramolecular Hbond substituents is 1. The minimum absolute atomic E-state index is 0.0377. The lowest BCUT2D eigenvalue weighted by Gasteiger charge is -2.09. The second kappa shape index (κ2) is 11.3. The first kappa shape index (κ1) is 23.3. The van der Waals surface area contributed by atoms with E-state index in [0.717, 1.165) is 6.26 Å². The summed E-state index contributed by atoms with van der Waals surface area (Å²) in [7, 11) is 1.56. The second-order valence-electron chi connectivity index (χ2n) is 6.10. The van der Waals surface area contributed by atoms with E-state index >= 15 is 0 Å². The zero-order valence-electron chi connectivity index (χ0n) is 17.5. The Morgan fingerprint density at radius 3 is 2.39 bits per heavy atom. The lowest BCUT2D eigenvalue weighted by atomic mass is 10.1. The van der Waals surface area contributed by atoms with Crippen LogP contribution in [0.4, 0.5) is 0 Å². The quantitative estimate of drug-likeness (QED) is 0.443. The Kier molecular flexibility index (Phi) is 8.51. The highest BCUT2D eigenvalue weighted by molar-refractivity contribution is 5.86. The van der Waals surface area contributed by atoms with Gasteiger partial charge in [-0.25, -0.2) is 4.79 Å². The highest BCUT2D eigenvalue weighted by Crippen LogP contribution is 2.31. The highest BCUT2D eigenvalue weighted by Gasteiger charge is 2.14. The molecule has 1 heterocycles. The van der Waals surface area contributed by atoms with Crippen LogP contribution < -0.4 is 14.9 Å². The molecule has 0 bridgehead atoms. The summed E-state index contributed by atoms with van der Waals surface area (Å²) in [6.45, 7) is 3.36. The van der Waals surface area contributed by atoms with Gasteiger partial charge in [-0.1, -0.05) is 6.08 Å². The normalized spacial score (nSPS) is 10.4. The van der Waals surface area contributed by atoms with Crippen molar-refractivity contribution in [1.82, 2.24) is 0 Å². The van der Waals surface area contributed by atoms with Crippen molar-refractivity contribution in [2.75, 3.05) is 20.3 Å². The van der Waals surface area contributed by atoms with Crippen molar-refractivity contribution in [1.29, 1.82) is 0 Å². The van der Waals surface area contributed by atoms with Crippen molar-refractivity contribution < 1.29 is 33.6 Å². The Morgan fingerprint density at radius 1 is 1.13 bits per heavy atom. The van der Waals surface area contributed by atoms with Crippen LogP contribution in [0, 0.1) is 0 Å². The van der Waals surface area contributed by atoms with E-state index in [1.54, 1.807) is 51.3 Å². The Balaban J connectivity index is 0.000000785. The fraction of sp³-hybridized carbons (Fsp3) is 0.217. The molecule has 0 fully saturated rings. The molecule has 0 spiro atoms. The van der Waals surface area contributed by atoms with E-state index in [1.165, 1.54) is 18.2 Å². The van der Waals surface area contributed by atoms with Crippen LogP contribution >= 0.6 is 0 Å². The summed E-state index contributed by atoms with van der Waals surface area (Å²) < 4.78 is 21.0. The van der Waals surface area contributed by atoms with Gasteiger partial charge in [0, 0.05) is 23.8 Å². The summed E-state index contributed by atoms with van der Waals surface area (Å²) in [5.41, 5.74) is 0.427. The molecule has 1 aromatic heterocycles. The summed E-state index contributed by atoms with van der Waals surface area (Å²) in [6, 6.07) is 11.0. The molecular weight excluding hydrogens is 404 g/mol. The zero-order valence-corrected chi connectivity index (χ0v) is 17.5. The van der Waals surface area contributed by atoms with Gasteiger partial charge >= 0.3 is 5.97 Å². The van der Waals surface area contributed by atoms with Gasteiger partial charge in [-0.05, 0) is 38.1 Å². The standard InChI is InChI=1S/C20H18O7.C3H6O/c1-3-25-19(23)11-26-14-8-15(21)20-16(22)10-17(27-18(20)9-14)12-4-6-13(24-2)7-5-12;1-2-3-4/h4-10,21H,3,11H2,1-2H3;2-4H,1H3. The number of carbonyl (C=O) groups excluding carboxylic acids is 1. The molecular formula is C23H24O8. The summed E-state index contributed by atoms with van der Waals surface area (Å²) in [5.74, 6) is 0.362. The molecule has 0 atom stereocenters. The molecule has 2 N–H and O–H groups in total. The van der Waals surface area contributed by atoms with Crippen molar-refractivity contribution >= 4 is 16.9 Å². The van der Waals surface area contributed by atoms with Crippen LogP contribution in [-0.4, -0.2) is 36.5 Å². The zero-order chi connectivity index (χ0) is 22.8. The van der Waals surface area contributed by atoms with Crippen LogP contribution in [0.25, 0.3) is 22.3 Å². The van der Waals surface area contributed by atoms with E-state index in [2.05, 4.69) is 0 Å². The largest absolute Gasteiger partial charge is 0.516 e. The highest BCUT2D eigenvalue weighted by atomic mass is 16.6. The Labute approximate surface area is 178 Å². The number of ether oxygens (including phenoxy) is 3. The number of hydrogen-bond acceptors (Lipinski definition) is 8. The van der Waals surface area contributed by atoms with Gasteiger partial charge in [0.15, 0.2) is 12.0 Å². The molecule has 8 heteroatoms. The number of fused-ring (bicyclic) bond motifs is 1. The molecule has 0 saturated heterocycles. The van der Waals surface area contributed by atoms with Crippen LogP contribution in [0.5, 0.6) is 17.2 Å². The second-order valence-corrected chi connectivity index (χ2v) is 6.10. The van der Waals surface area contributed by atoms with Crippen molar-refractivity contribution in [3.63, 3.8) is 0 Å². The molecule has 0 saturated carbocycles. The van der Waals surface area contributed by atoms with Crippen LogP contribution in [0.1, 0.15) is 13.8 Å². The van der Waals surface area contributed by atoms with Crippen molar-refractivity contribution in [3.05, 3.63) is 65.0 Å². The number of aliphatic hydroxyl groups is 1. The van der Waals surface area contributed by atoms with Gasteiger partial charge in [0.05, 0.1) is 20.0 Å². The lowest BCUT2D eigenvalue weighted by molar-refractivity contribution is -0.145. The first-order valence-corrected chi connectivity index (χ1v) is 9.42. The summed E-state index contributed by atoms with van der Waals surface area (Å²) >= 11 is 0. The van der Waals surface area contributed by atoms with Gasteiger partial charge in [0.25, 0.3) is 0 Å². The molecule has 164 valence electrons. The van der Waals surface area contributed by atoms with Crippen molar-refractivity contribution in [2.45, 2.75) is 13.8 Å². The van der Waals surface area contributed by atoms with Crippen LogP contribution in [0.2, 0.25) is 0 Å². The smallest absolute Gasteiger partial charge is 0.344 e. The molecule has 3 rings (SSSR count). The first-order chi connectivity index (χ1) is 14.9. The third-order valence-corrected chi connectivity index (χ3v) is 3.97. The number of allylic oxidation sites excluding steroid dienone is 1. The number of phenols is 1. The van der Waals surface area contributed by atoms with E-state index in [9.17, 15) is 14.7 Å². The topological polar surface area (TPSA) is 115 Å². The number of esters is 1. The lowest BCUT2D eigenvalue weighted by Crippen LogP contribution is -2.14. The monoisotopic (exact) mass is 428 g/mol. The van der Waals surface area contributed by atoms with Gasteiger partial charge in [0.2, 0.25) is 0 Å². The van der Waals surface area contributed by atoms with Crippen molar-refractivity contribution in [3.8, 4) is 28.6 Å². The van der Waals surface area contributed by atoms with E-state index in [-0.39, 0.29) is 35.7 Å². The molecule has 0 aliphatic heterocycles. The number of benzene rings is 2. The fourth-order valence-corrected chi connectivity index (χ4v) is 2.57. The predicted octanol–water partition coefficient (Wildman–Crippen LogP) is 4.19. The molecule has 3 aromatic rings. The minimum Gasteiger partial charge on any atom is -0.516 e.